The second-order valence-electron chi connectivity index (χ2n) is 7.35. The molecule has 1 aliphatic rings. The molecule has 1 aromatic rings. The van der Waals surface area contributed by atoms with E-state index >= 15 is 0 Å². The summed E-state index contributed by atoms with van der Waals surface area (Å²) in [5.74, 6) is -0.358. The van der Waals surface area contributed by atoms with E-state index in [2.05, 4.69) is 0 Å². The van der Waals surface area contributed by atoms with Crippen LogP contribution in [0, 0.1) is 12.8 Å². The number of esters is 2. The molecule has 0 saturated carbocycles. The Morgan fingerprint density at radius 1 is 1.23 bits per heavy atom. The Balaban J connectivity index is 1.66. The Hall–Kier alpha value is -2.28. The molecule has 8 heteroatoms. The van der Waals surface area contributed by atoms with Crippen molar-refractivity contribution in [1.29, 1.82) is 0 Å². The van der Waals surface area contributed by atoms with Crippen molar-refractivity contribution in [3.05, 3.63) is 28.8 Å². The van der Waals surface area contributed by atoms with E-state index in [1.165, 1.54) is 0 Å². The molecular weight excluding hydrogens is 410 g/mol. The van der Waals surface area contributed by atoms with Crippen LogP contribution in [0.4, 0.5) is 0 Å². The molecule has 0 bridgehead atoms. The van der Waals surface area contributed by atoms with Crippen LogP contribution in [-0.4, -0.2) is 55.2 Å². The summed E-state index contributed by atoms with van der Waals surface area (Å²) in [6.07, 6.45) is 0.914. The van der Waals surface area contributed by atoms with Crippen molar-refractivity contribution in [2.24, 2.45) is 5.92 Å². The highest BCUT2D eigenvalue weighted by Crippen LogP contribution is 2.22. The van der Waals surface area contributed by atoms with Crippen LogP contribution in [0.15, 0.2) is 18.2 Å². The summed E-state index contributed by atoms with van der Waals surface area (Å²) < 4.78 is 15.9. The molecule has 1 amide bonds. The fraction of sp³-hybridized carbons (Fsp3) is 0.591. The van der Waals surface area contributed by atoms with Crippen molar-refractivity contribution < 1.29 is 28.6 Å². The fourth-order valence-corrected chi connectivity index (χ4v) is 3.39. The predicted octanol–water partition coefficient (Wildman–Crippen LogP) is 3.54. The lowest BCUT2D eigenvalue weighted by atomic mass is 9.97. The lowest BCUT2D eigenvalue weighted by molar-refractivity contribution is -0.161. The number of nitrogens with zero attached hydrogens (tertiary/aromatic N) is 1. The van der Waals surface area contributed by atoms with Crippen LogP contribution in [0.3, 0.4) is 0 Å². The van der Waals surface area contributed by atoms with Gasteiger partial charge in [-0.25, -0.2) is 0 Å². The number of hydrogen-bond donors (Lipinski definition) is 0. The third-order valence-electron chi connectivity index (χ3n) is 5.01. The number of amides is 1. The molecule has 0 aliphatic carbocycles. The molecule has 0 N–H and O–H groups in total. The summed E-state index contributed by atoms with van der Waals surface area (Å²) in [6, 6.07) is 5.38. The topological polar surface area (TPSA) is 82.1 Å². The van der Waals surface area contributed by atoms with Crippen LogP contribution in [0.1, 0.15) is 45.1 Å². The highest BCUT2D eigenvalue weighted by Gasteiger charge is 2.31. The maximum absolute atomic E-state index is 12.5. The Morgan fingerprint density at radius 2 is 1.93 bits per heavy atom. The van der Waals surface area contributed by atoms with Gasteiger partial charge in [0.05, 0.1) is 19.1 Å². The molecule has 1 fully saturated rings. The number of piperidine rings is 1. The minimum Gasteiger partial charge on any atom is -0.494 e. The lowest BCUT2D eigenvalue weighted by Gasteiger charge is -2.32. The number of ether oxygens (including phenoxy) is 3. The molecule has 30 heavy (non-hydrogen) atoms. The SMILES string of the molecule is CCOC(=O)C1CCN(C(=O)C(C)OC(=O)CCCOc2ccc(Cl)c(C)c2)CC1. The summed E-state index contributed by atoms with van der Waals surface area (Å²) in [5, 5.41) is 0.676. The summed E-state index contributed by atoms with van der Waals surface area (Å²) in [6.45, 7) is 6.87. The number of carbonyl (C=O) groups excluding carboxylic acids is 3. The molecule has 1 heterocycles. The Labute approximate surface area is 182 Å². The summed E-state index contributed by atoms with van der Waals surface area (Å²) in [5.41, 5.74) is 0.923. The third kappa shape index (κ3) is 7.20. The van der Waals surface area contributed by atoms with Gasteiger partial charge in [0.1, 0.15) is 5.75 Å². The minimum absolute atomic E-state index is 0.162. The van der Waals surface area contributed by atoms with Crippen molar-refractivity contribution in [3.8, 4) is 5.75 Å². The number of aryl methyl sites for hydroxylation is 1. The normalized spacial score (nSPS) is 15.4. The van der Waals surface area contributed by atoms with E-state index in [0.29, 0.717) is 56.3 Å². The smallest absolute Gasteiger partial charge is 0.309 e. The second-order valence-corrected chi connectivity index (χ2v) is 7.75. The van der Waals surface area contributed by atoms with Crippen LogP contribution in [0.25, 0.3) is 0 Å². The molecule has 1 saturated heterocycles. The van der Waals surface area contributed by atoms with Gasteiger partial charge in [-0.1, -0.05) is 11.6 Å². The van der Waals surface area contributed by atoms with Gasteiger partial charge >= 0.3 is 11.9 Å². The maximum Gasteiger partial charge on any atom is 0.309 e. The molecular formula is C22H30ClNO6. The first-order valence-corrected chi connectivity index (χ1v) is 10.7. The highest BCUT2D eigenvalue weighted by molar-refractivity contribution is 6.31. The van der Waals surface area contributed by atoms with E-state index in [1.54, 1.807) is 30.9 Å². The zero-order chi connectivity index (χ0) is 22.1. The van der Waals surface area contributed by atoms with Crippen LogP contribution in [0.2, 0.25) is 5.02 Å². The highest BCUT2D eigenvalue weighted by atomic mass is 35.5. The number of likely N-dealkylation sites (tertiary alicyclic amines) is 1. The zero-order valence-corrected chi connectivity index (χ0v) is 18.6. The van der Waals surface area contributed by atoms with E-state index in [1.807, 2.05) is 13.0 Å². The van der Waals surface area contributed by atoms with E-state index in [-0.39, 0.29) is 24.2 Å². The molecule has 7 nitrogen and oxygen atoms in total. The average molecular weight is 440 g/mol. The number of rotatable bonds is 9. The predicted molar refractivity (Wildman–Crippen MR) is 112 cm³/mol. The van der Waals surface area contributed by atoms with E-state index < -0.39 is 12.1 Å². The first-order chi connectivity index (χ1) is 14.3. The number of benzene rings is 1. The van der Waals surface area contributed by atoms with Gasteiger partial charge in [0, 0.05) is 24.5 Å². The minimum atomic E-state index is -0.850. The zero-order valence-electron chi connectivity index (χ0n) is 17.8. The van der Waals surface area contributed by atoms with Crippen LogP contribution >= 0.6 is 11.6 Å². The monoisotopic (exact) mass is 439 g/mol. The Morgan fingerprint density at radius 3 is 2.57 bits per heavy atom. The number of halogens is 1. The first kappa shape index (κ1) is 24.0. The van der Waals surface area contributed by atoms with Crippen molar-refractivity contribution >= 4 is 29.4 Å². The van der Waals surface area contributed by atoms with Gasteiger partial charge in [-0.05, 0) is 63.8 Å². The van der Waals surface area contributed by atoms with Crippen molar-refractivity contribution in [3.63, 3.8) is 0 Å². The largest absolute Gasteiger partial charge is 0.494 e. The maximum atomic E-state index is 12.5. The van der Waals surface area contributed by atoms with E-state index in [0.717, 1.165) is 5.56 Å². The van der Waals surface area contributed by atoms with Crippen LogP contribution in [-0.2, 0) is 23.9 Å². The fourth-order valence-electron chi connectivity index (χ4n) is 3.27. The summed E-state index contributed by atoms with van der Waals surface area (Å²) in [4.78, 5) is 38.0. The molecule has 0 radical (unpaired) electrons. The Bertz CT molecular complexity index is 745. The first-order valence-electron chi connectivity index (χ1n) is 10.4. The van der Waals surface area contributed by atoms with Crippen molar-refractivity contribution in [1.82, 2.24) is 4.90 Å². The molecule has 2 rings (SSSR count). The van der Waals surface area contributed by atoms with Crippen molar-refractivity contribution in [2.45, 2.75) is 52.6 Å². The molecule has 0 spiro atoms. The van der Waals surface area contributed by atoms with Gasteiger partial charge in [-0.2, -0.15) is 0 Å². The molecule has 1 aliphatic heterocycles. The Kier molecular flexibility index (Phi) is 9.43. The third-order valence-corrected chi connectivity index (χ3v) is 5.43. The van der Waals surface area contributed by atoms with Crippen LogP contribution < -0.4 is 4.74 Å². The molecule has 0 aromatic heterocycles. The molecule has 1 aromatic carbocycles. The van der Waals surface area contributed by atoms with E-state index in [4.69, 9.17) is 25.8 Å². The van der Waals surface area contributed by atoms with E-state index in [9.17, 15) is 14.4 Å². The van der Waals surface area contributed by atoms with Gasteiger partial charge in [0.25, 0.3) is 5.91 Å². The van der Waals surface area contributed by atoms with Gasteiger partial charge in [-0.15, -0.1) is 0 Å². The van der Waals surface area contributed by atoms with Crippen molar-refractivity contribution in [2.75, 3.05) is 26.3 Å². The average Bonchev–Trinajstić information content (AvgIpc) is 2.73. The van der Waals surface area contributed by atoms with Gasteiger partial charge in [0.15, 0.2) is 6.10 Å². The lowest BCUT2D eigenvalue weighted by Crippen LogP contribution is -2.45. The van der Waals surface area contributed by atoms with Gasteiger partial charge in [0.2, 0.25) is 0 Å². The number of hydrogen-bond acceptors (Lipinski definition) is 6. The second kappa shape index (κ2) is 11.8. The van der Waals surface area contributed by atoms with Gasteiger partial charge in [-0.3, -0.25) is 14.4 Å². The standard InChI is InChI=1S/C22H30ClNO6/c1-4-28-22(27)17-9-11-24(12-10-17)21(26)16(3)30-20(25)6-5-13-29-18-7-8-19(23)15(2)14-18/h7-8,14,16-17H,4-6,9-13H2,1-3H3. The molecule has 166 valence electrons. The summed E-state index contributed by atoms with van der Waals surface area (Å²) >= 11 is 5.98. The summed E-state index contributed by atoms with van der Waals surface area (Å²) in [7, 11) is 0. The van der Waals surface area contributed by atoms with Crippen LogP contribution in [0.5, 0.6) is 5.75 Å². The molecule has 1 atom stereocenters. The number of carbonyl (C=O) groups is 3. The van der Waals surface area contributed by atoms with Gasteiger partial charge < -0.3 is 19.1 Å². The molecule has 1 unspecified atom stereocenters. The quantitative estimate of drug-likeness (QED) is 0.432.